The zero-order valence-corrected chi connectivity index (χ0v) is 14.5. The second kappa shape index (κ2) is 7.61. The van der Waals surface area contributed by atoms with Crippen molar-refractivity contribution in [1.82, 2.24) is 5.43 Å². The summed E-state index contributed by atoms with van der Waals surface area (Å²) in [7, 11) is 0. The number of hydrogen-bond acceptors (Lipinski definition) is 4. The Morgan fingerprint density at radius 2 is 1.71 bits per heavy atom. The van der Waals surface area contributed by atoms with Crippen LogP contribution in [0.25, 0.3) is 0 Å². The third-order valence-electron chi connectivity index (χ3n) is 3.05. The number of nitrogens with one attached hydrogen (secondary N) is 1. The highest BCUT2D eigenvalue weighted by Gasteiger charge is 2.15. The van der Waals surface area contributed by atoms with Gasteiger partial charge in [-0.15, -0.1) is 0 Å². The van der Waals surface area contributed by atoms with E-state index in [-0.39, 0.29) is 16.3 Å². The van der Waals surface area contributed by atoms with Crippen LogP contribution in [0.3, 0.4) is 0 Å². The average Bonchev–Trinajstić information content (AvgIpc) is 2.52. The Hall–Kier alpha value is -2.15. The van der Waals surface area contributed by atoms with Crippen LogP contribution >= 0.6 is 34.8 Å². The maximum absolute atomic E-state index is 12.1. The van der Waals surface area contributed by atoms with E-state index in [2.05, 4.69) is 10.5 Å². The number of hydrazone groups is 1. The quantitative estimate of drug-likeness (QED) is 0.469. The molecule has 0 aliphatic heterocycles. The molecule has 0 spiro atoms. The molecule has 2 aromatic carbocycles. The van der Waals surface area contributed by atoms with Crippen LogP contribution in [0.4, 0.5) is 5.69 Å². The van der Waals surface area contributed by atoms with Crippen LogP contribution in [0.5, 0.6) is 0 Å². The molecular formula is C15H10Cl3N3O3. The molecule has 9 heteroatoms. The zero-order chi connectivity index (χ0) is 17.9. The van der Waals surface area contributed by atoms with E-state index in [1.165, 1.54) is 12.1 Å². The molecule has 1 amide bonds. The number of benzene rings is 2. The number of rotatable bonds is 4. The molecule has 124 valence electrons. The van der Waals surface area contributed by atoms with Crippen molar-refractivity contribution >= 4 is 52.1 Å². The number of nitro benzene ring substituents is 1. The minimum Gasteiger partial charge on any atom is -0.267 e. The molecule has 1 N–H and O–H groups in total. The van der Waals surface area contributed by atoms with Crippen LogP contribution in [0.1, 0.15) is 22.8 Å². The number of non-ortho nitro benzene ring substituents is 1. The highest BCUT2D eigenvalue weighted by molar-refractivity contribution is 6.37. The minimum atomic E-state index is -0.599. The van der Waals surface area contributed by atoms with E-state index in [4.69, 9.17) is 34.8 Å². The molecular weight excluding hydrogens is 377 g/mol. The van der Waals surface area contributed by atoms with E-state index >= 15 is 0 Å². The first-order chi connectivity index (χ1) is 11.3. The van der Waals surface area contributed by atoms with Crippen LogP contribution in [-0.2, 0) is 0 Å². The van der Waals surface area contributed by atoms with Crippen LogP contribution in [0.2, 0.25) is 15.1 Å². The minimum absolute atomic E-state index is 0.0425. The van der Waals surface area contributed by atoms with Crippen LogP contribution in [0.15, 0.2) is 41.5 Å². The Kier molecular flexibility index (Phi) is 5.77. The predicted octanol–water partition coefficient (Wildman–Crippen LogP) is 4.71. The Balaban J connectivity index is 2.19. The highest BCUT2D eigenvalue weighted by Crippen LogP contribution is 2.23. The summed E-state index contributed by atoms with van der Waals surface area (Å²) in [5.74, 6) is -0.598. The van der Waals surface area contributed by atoms with Gasteiger partial charge in [-0.05, 0) is 25.1 Å². The maximum Gasteiger partial charge on any atom is 0.272 e. The largest absolute Gasteiger partial charge is 0.272 e. The van der Waals surface area contributed by atoms with Gasteiger partial charge >= 0.3 is 0 Å². The highest BCUT2D eigenvalue weighted by atomic mass is 35.5. The lowest BCUT2D eigenvalue weighted by atomic mass is 10.1. The lowest BCUT2D eigenvalue weighted by Crippen LogP contribution is -2.19. The molecule has 0 bridgehead atoms. The lowest BCUT2D eigenvalue weighted by molar-refractivity contribution is -0.384. The summed E-state index contributed by atoms with van der Waals surface area (Å²) >= 11 is 17.8. The van der Waals surface area contributed by atoms with Gasteiger partial charge < -0.3 is 0 Å². The summed E-state index contributed by atoms with van der Waals surface area (Å²) in [5, 5.41) is 15.5. The van der Waals surface area contributed by atoms with Crippen molar-refractivity contribution in [2.75, 3.05) is 0 Å². The van der Waals surface area contributed by atoms with Gasteiger partial charge in [0.25, 0.3) is 11.6 Å². The fraction of sp³-hybridized carbons (Fsp3) is 0.0667. The van der Waals surface area contributed by atoms with Gasteiger partial charge in [0.05, 0.1) is 26.2 Å². The Labute approximate surface area is 152 Å². The molecule has 0 aromatic heterocycles. The van der Waals surface area contributed by atoms with E-state index in [0.717, 1.165) is 6.07 Å². The van der Waals surface area contributed by atoms with Gasteiger partial charge in [0.15, 0.2) is 0 Å². The molecule has 0 saturated carbocycles. The summed E-state index contributed by atoms with van der Waals surface area (Å²) in [6.45, 7) is 1.66. The molecule has 2 aromatic rings. The van der Waals surface area contributed by atoms with E-state index in [1.54, 1.807) is 25.1 Å². The second-order valence-corrected chi connectivity index (χ2v) is 5.93. The van der Waals surface area contributed by atoms with Crippen molar-refractivity contribution in [2.24, 2.45) is 5.10 Å². The fourth-order valence-electron chi connectivity index (χ4n) is 1.84. The van der Waals surface area contributed by atoms with Gasteiger partial charge in [0.1, 0.15) is 0 Å². The number of halogens is 3. The molecule has 0 saturated heterocycles. The number of hydrogen-bond donors (Lipinski definition) is 1. The van der Waals surface area contributed by atoms with Gasteiger partial charge in [-0.2, -0.15) is 5.10 Å². The molecule has 0 radical (unpaired) electrons. The molecule has 0 aliphatic rings. The van der Waals surface area contributed by atoms with E-state index < -0.39 is 10.8 Å². The van der Waals surface area contributed by atoms with Crippen molar-refractivity contribution in [3.8, 4) is 0 Å². The van der Waals surface area contributed by atoms with Crippen molar-refractivity contribution < 1.29 is 9.72 Å². The van der Waals surface area contributed by atoms with Crippen LogP contribution in [0, 0.1) is 10.1 Å². The number of carbonyl (C=O) groups excluding carboxylic acids is 1. The summed E-state index contributed by atoms with van der Waals surface area (Å²) < 4.78 is 0. The molecule has 0 unspecified atom stereocenters. The predicted molar refractivity (Wildman–Crippen MR) is 94.2 cm³/mol. The topological polar surface area (TPSA) is 84.6 Å². The Bertz CT molecular complexity index is 853. The van der Waals surface area contributed by atoms with E-state index in [0.29, 0.717) is 21.3 Å². The summed E-state index contributed by atoms with van der Waals surface area (Å²) in [6.07, 6.45) is 0. The van der Waals surface area contributed by atoms with Crippen LogP contribution < -0.4 is 5.43 Å². The number of nitro groups is 1. The summed E-state index contributed by atoms with van der Waals surface area (Å²) in [5.41, 5.74) is 3.27. The van der Waals surface area contributed by atoms with Crippen molar-refractivity contribution in [1.29, 1.82) is 0 Å². The number of amides is 1. The monoisotopic (exact) mass is 385 g/mol. The first-order valence-corrected chi connectivity index (χ1v) is 7.67. The van der Waals surface area contributed by atoms with Gasteiger partial charge in [0.2, 0.25) is 0 Å². The average molecular weight is 387 g/mol. The molecule has 0 aliphatic carbocycles. The third kappa shape index (κ3) is 4.23. The van der Waals surface area contributed by atoms with Crippen molar-refractivity contribution in [2.45, 2.75) is 6.92 Å². The van der Waals surface area contributed by atoms with E-state index in [9.17, 15) is 14.9 Å². The fourth-order valence-corrected chi connectivity index (χ4v) is 2.65. The molecule has 0 fully saturated rings. The molecule has 0 atom stereocenters. The third-order valence-corrected chi connectivity index (χ3v) is 3.91. The SMILES string of the molecule is C/C(=N/NC(=O)c1ccc([N+](=O)[O-])cc1Cl)c1ccc(Cl)cc1Cl. The van der Waals surface area contributed by atoms with E-state index in [1.807, 2.05) is 0 Å². The molecule has 24 heavy (non-hydrogen) atoms. The number of carbonyl (C=O) groups is 1. The summed E-state index contributed by atoms with van der Waals surface area (Å²) in [6, 6.07) is 8.43. The van der Waals surface area contributed by atoms with Crippen molar-refractivity contribution in [3.63, 3.8) is 0 Å². The first kappa shape index (κ1) is 18.2. The molecule has 0 heterocycles. The summed E-state index contributed by atoms with van der Waals surface area (Å²) in [4.78, 5) is 22.2. The maximum atomic E-state index is 12.1. The Morgan fingerprint density at radius 1 is 1.08 bits per heavy atom. The van der Waals surface area contributed by atoms with Gasteiger partial charge in [0, 0.05) is 22.7 Å². The molecule has 2 rings (SSSR count). The first-order valence-electron chi connectivity index (χ1n) is 6.53. The van der Waals surface area contributed by atoms with Gasteiger partial charge in [-0.1, -0.05) is 40.9 Å². The molecule has 6 nitrogen and oxygen atoms in total. The standard InChI is InChI=1S/C15H10Cl3N3O3/c1-8(11-4-2-9(16)6-13(11)17)19-20-15(22)12-5-3-10(21(23)24)7-14(12)18/h2-7H,1H3,(H,20,22)/b19-8-. The van der Waals surface area contributed by atoms with Crippen LogP contribution in [-0.4, -0.2) is 16.5 Å². The lowest BCUT2D eigenvalue weighted by Gasteiger charge is -2.06. The number of nitrogens with zero attached hydrogens (tertiary/aromatic N) is 2. The van der Waals surface area contributed by atoms with Gasteiger partial charge in [-0.25, -0.2) is 5.43 Å². The van der Waals surface area contributed by atoms with Gasteiger partial charge in [-0.3, -0.25) is 14.9 Å². The van der Waals surface area contributed by atoms with Crippen molar-refractivity contribution in [3.05, 3.63) is 72.7 Å². The second-order valence-electron chi connectivity index (χ2n) is 4.68. The zero-order valence-electron chi connectivity index (χ0n) is 12.2. The Morgan fingerprint density at radius 3 is 2.29 bits per heavy atom. The normalized spacial score (nSPS) is 11.2. The smallest absolute Gasteiger partial charge is 0.267 e.